The first-order valence-corrected chi connectivity index (χ1v) is 4.70. The van der Waals surface area contributed by atoms with E-state index in [1.54, 1.807) is 12.3 Å². The molecule has 2 rings (SSSR count). The zero-order valence-electron chi connectivity index (χ0n) is 7.98. The highest BCUT2D eigenvalue weighted by Gasteiger charge is 2.34. The summed E-state index contributed by atoms with van der Waals surface area (Å²) in [6.45, 7) is -0.257. The average molecular weight is 212 g/mol. The molecule has 6 nitrogen and oxygen atoms in total. The highest BCUT2D eigenvalue weighted by molar-refractivity contribution is 4.87. The van der Waals surface area contributed by atoms with Crippen LogP contribution in [0, 0.1) is 0 Å². The summed E-state index contributed by atoms with van der Waals surface area (Å²) in [6, 6.07) is 1.61. The summed E-state index contributed by atoms with van der Waals surface area (Å²) < 4.78 is 6.62. The van der Waals surface area contributed by atoms with Crippen molar-refractivity contribution in [2.45, 2.75) is 24.9 Å². The van der Waals surface area contributed by atoms with Crippen LogP contribution in [0.4, 0.5) is 0 Å². The molecule has 0 saturated carbocycles. The van der Waals surface area contributed by atoms with Gasteiger partial charge in [0.1, 0.15) is 12.3 Å². The van der Waals surface area contributed by atoms with E-state index in [4.69, 9.17) is 9.84 Å². The molecular formula is C9H12N2O4. The predicted octanol–water partition coefficient (Wildman–Crippen LogP) is -1.12. The average Bonchev–Trinajstić information content (AvgIpc) is 2.60. The third-order valence-electron chi connectivity index (χ3n) is 2.43. The van der Waals surface area contributed by atoms with Crippen LogP contribution in [0.15, 0.2) is 23.3 Å². The lowest BCUT2D eigenvalue weighted by molar-refractivity contribution is -0.0458. The summed E-state index contributed by atoms with van der Waals surface area (Å²) in [5.41, 5.74) is -0.423. The summed E-state index contributed by atoms with van der Waals surface area (Å²) >= 11 is 0. The minimum atomic E-state index is -0.743. The molecule has 3 atom stereocenters. The van der Waals surface area contributed by atoms with Gasteiger partial charge in [0.2, 0.25) is 0 Å². The lowest BCUT2D eigenvalue weighted by Gasteiger charge is -2.13. The Hall–Kier alpha value is -1.24. The number of nitrogens with zero attached hydrogens (tertiary/aromatic N) is 2. The number of aromatic nitrogens is 2. The number of hydrogen-bond acceptors (Lipinski definition) is 5. The molecule has 1 aromatic rings. The standard InChI is InChI=1S/C9H12N2O4/c12-5-7-6(13)4-8(15-7)11-3-1-2-10-9(11)14/h1-3,6-8,12-13H,4-5H2. The van der Waals surface area contributed by atoms with Gasteiger partial charge in [-0.1, -0.05) is 0 Å². The number of hydrogen-bond donors (Lipinski definition) is 2. The van der Waals surface area contributed by atoms with E-state index < -0.39 is 24.1 Å². The summed E-state index contributed by atoms with van der Waals surface area (Å²) in [4.78, 5) is 14.9. The van der Waals surface area contributed by atoms with Crippen molar-refractivity contribution in [2.75, 3.05) is 6.61 Å². The maximum atomic E-state index is 11.3. The van der Waals surface area contributed by atoms with Crippen molar-refractivity contribution >= 4 is 0 Å². The maximum Gasteiger partial charge on any atom is 0.349 e. The summed E-state index contributed by atoms with van der Waals surface area (Å²) in [7, 11) is 0. The number of ether oxygens (including phenoxy) is 1. The van der Waals surface area contributed by atoms with Crippen molar-refractivity contribution in [2.24, 2.45) is 0 Å². The molecule has 0 radical (unpaired) electrons. The molecule has 0 amide bonds. The molecule has 0 aromatic carbocycles. The summed E-state index contributed by atoms with van der Waals surface area (Å²) in [6.07, 6.45) is 1.32. The Morgan fingerprint density at radius 3 is 3.07 bits per heavy atom. The van der Waals surface area contributed by atoms with Crippen LogP contribution in [0.5, 0.6) is 0 Å². The van der Waals surface area contributed by atoms with Crippen LogP contribution >= 0.6 is 0 Å². The third-order valence-corrected chi connectivity index (χ3v) is 2.43. The lowest BCUT2D eigenvalue weighted by atomic mass is 10.2. The van der Waals surface area contributed by atoms with Crippen molar-refractivity contribution in [3.05, 3.63) is 28.9 Å². The molecule has 2 N–H and O–H groups in total. The van der Waals surface area contributed by atoms with E-state index in [0.717, 1.165) is 0 Å². The Balaban J connectivity index is 2.21. The van der Waals surface area contributed by atoms with Crippen LogP contribution < -0.4 is 5.69 Å². The van der Waals surface area contributed by atoms with Crippen LogP contribution in [0.1, 0.15) is 12.6 Å². The molecule has 0 bridgehead atoms. The first kappa shape index (κ1) is 10.3. The Morgan fingerprint density at radius 2 is 2.47 bits per heavy atom. The predicted molar refractivity (Wildman–Crippen MR) is 50.1 cm³/mol. The fraction of sp³-hybridized carbons (Fsp3) is 0.556. The zero-order chi connectivity index (χ0) is 10.8. The molecule has 0 spiro atoms. The Morgan fingerprint density at radius 1 is 1.67 bits per heavy atom. The van der Waals surface area contributed by atoms with Gasteiger partial charge in [-0.2, -0.15) is 0 Å². The van der Waals surface area contributed by atoms with E-state index >= 15 is 0 Å². The molecule has 3 unspecified atom stereocenters. The minimum Gasteiger partial charge on any atom is -0.394 e. The zero-order valence-corrected chi connectivity index (χ0v) is 7.98. The SMILES string of the molecule is O=c1ncccn1C1CC(O)C(CO)O1. The molecule has 15 heavy (non-hydrogen) atoms. The molecule has 1 aliphatic heterocycles. The first-order valence-electron chi connectivity index (χ1n) is 4.70. The van der Waals surface area contributed by atoms with E-state index in [9.17, 15) is 9.90 Å². The van der Waals surface area contributed by atoms with Gasteiger partial charge in [-0.25, -0.2) is 9.78 Å². The van der Waals surface area contributed by atoms with Crippen molar-refractivity contribution < 1.29 is 14.9 Å². The van der Waals surface area contributed by atoms with Gasteiger partial charge >= 0.3 is 5.69 Å². The molecular weight excluding hydrogens is 200 g/mol. The Bertz CT molecular complexity index is 392. The van der Waals surface area contributed by atoms with E-state index in [-0.39, 0.29) is 13.0 Å². The van der Waals surface area contributed by atoms with Crippen molar-refractivity contribution in [1.29, 1.82) is 0 Å². The summed E-state index contributed by atoms with van der Waals surface area (Å²) in [5, 5.41) is 18.4. The highest BCUT2D eigenvalue weighted by atomic mass is 16.5. The van der Waals surface area contributed by atoms with Crippen LogP contribution in [0.25, 0.3) is 0 Å². The van der Waals surface area contributed by atoms with Crippen LogP contribution in [-0.4, -0.2) is 38.6 Å². The molecule has 82 valence electrons. The topological polar surface area (TPSA) is 84.6 Å². The fourth-order valence-corrected chi connectivity index (χ4v) is 1.64. The van der Waals surface area contributed by atoms with Gasteiger partial charge in [0.25, 0.3) is 0 Å². The largest absolute Gasteiger partial charge is 0.394 e. The summed E-state index contributed by atoms with van der Waals surface area (Å²) in [5.74, 6) is 0. The molecule has 1 saturated heterocycles. The molecule has 1 fully saturated rings. The van der Waals surface area contributed by atoms with Crippen molar-refractivity contribution in [3.63, 3.8) is 0 Å². The highest BCUT2D eigenvalue weighted by Crippen LogP contribution is 2.26. The van der Waals surface area contributed by atoms with Gasteiger partial charge in [-0.05, 0) is 6.07 Å². The monoisotopic (exact) mass is 212 g/mol. The molecule has 1 aliphatic rings. The number of aliphatic hydroxyl groups excluding tert-OH is 2. The number of rotatable bonds is 2. The Labute approximate surface area is 85.8 Å². The molecule has 2 heterocycles. The molecule has 6 heteroatoms. The lowest BCUT2D eigenvalue weighted by Crippen LogP contribution is -2.27. The second kappa shape index (κ2) is 4.09. The fourth-order valence-electron chi connectivity index (χ4n) is 1.64. The molecule has 1 aromatic heterocycles. The van der Waals surface area contributed by atoms with Gasteiger partial charge in [0.15, 0.2) is 0 Å². The van der Waals surface area contributed by atoms with Crippen LogP contribution in [0.3, 0.4) is 0 Å². The van der Waals surface area contributed by atoms with Crippen LogP contribution in [0.2, 0.25) is 0 Å². The normalized spacial score (nSPS) is 30.7. The van der Waals surface area contributed by atoms with Crippen LogP contribution in [-0.2, 0) is 4.74 Å². The van der Waals surface area contributed by atoms with Crippen molar-refractivity contribution in [1.82, 2.24) is 9.55 Å². The van der Waals surface area contributed by atoms with Crippen molar-refractivity contribution in [3.8, 4) is 0 Å². The second-order valence-corrected chi connectivity index (χ2v) is 3.42. The van der Waals surface area contributed by atoms with E-state index in [0.29, 0.717) is 0 Å². The second-order valence-electron chi connectivity index (χ2n) is 3.42. The minimum absolute atomic E-state index is 0.257. The maximum absolute atomic E-state index is 11.3. The smallest absolute Gasteiger partial charge is 0.349 e. The molecule has 0 aliphatic carbocycles. The Kier molecular flexibility index (Phi) is 2.81. The van der Waals surface area contributed by atoms with Gasteiger partial charge in [0, 0.05) is 18.8 Å². The third kappa shape index (κ3) is 1.92. The van der Waals surface area contributed by atoms with E-state index in [1.165, 1.54) is 10.8 Å². The van der Waals surface area contributed by atoms with Gasteiger partial charge in [-0.15, -0.1) is 0 Å². The van der Waals surface area contributed by atoms with E-state index in [2.05, 4.69) is 4.98 Å². The quantitative estimate of drug-likeness (QED) is 0.649. The van der Waals surface area contributed by atoms with Gasteiger partial charge in [-0.3, -0.25) is 4.57 Å². The van der Waals surface area contributed by atoms with Gasteiger partial charge < -0.3 is 14.9 Å². The first-order chi connectivity index (χ1) is 7.22. The van der Waals surface area contributed by atoms with E-state index in [1.807, 2.05) is 0 Å². The van der Waals surface area contributed by atoms with Gasteiger partial charge in [0.05, 0.1) is 12.7 Å². The number of aliphatic hydroxyl groups is 2.